The molecule has 0 aromatic heterocycles. The van der Waals surface area contributed by atoms with Crippen LogP contribution in [0.2, 0.25) is 10.0 Å². The summed E-state index contributed by atoms with van der Waals surface area (Å²) in [6, 6.07) is 8.28. The third-order valence-electron chi connectivity index (χ3n) is 4.20. The number of urea groups is 1. The number of amides is 2. The van der Waals surface area contributed by atoms with Gasteiger partial charge in [0.05, 0.1) is 41.6 Å². The summed E-state index contributed by atoms with van der Waals surface area (Å²) < 4.78 is 37.3. The van der Waals surface area contributed by atoms with Gasteiger partial charge in [0, 0.05) is 18.1 Å². The Morgan fingerprint density at radius 1 is 1.07 bits per heavy atom. The molecule has 8 nitrogen and oxygen atoms in total. The quantitative estimate of drug-likeness (QED) is 0.710. The van der Waals surface area contributed by atoms with Crippen LogP contribution >= 0.6 is 23.2 Å². The van der Waals surface area contributed by atoms with E-state index < -0.39 is 16.1 Å². The van der Waals surface area contributed by atoms with E-state index in [1.165, 1.54) is 35.7 Å². The van der Waals surface area contributed by atoms with Crippen molar-refractivity contribution >= 4 is 50.6 Å². The lowest BCUT2D eigenvalue weighted by atomic mass is 10.3. The minimum absolute atomic E-state index is 0.0273. The fraction of sp³-hybridized carbons (Fsp3) is 0.278. The Hall–Kier alpha value is -2.04. The summed E-state index contributed by atoms with van der Waals surface area (Å²) in [5.74, 6) is 0.416. The second-order valence-corrected chi connectivity index (χ2v) is 8.86. The molecular weight excluding hydrogens is 441 g/mol. The second kappa shape index (κ2) is 9.19. The van der Waals surface area contributed by atoms with Crippen molar-refractivity contribution in [3.63, 3.8) is 0 Å². The molecule has 2 aromatic carbocycles. The van der Waals surface area contributed by atoms with Gasteiger partial charge in [-0.1, -0.05) is 23.2 Å². The molecule has 156 valence electrons. The molecular formula is C18H19Cl2N3O5S. The summed E-state index contributed by atoms with van der Waals surface area (Å²) in [5.41, 5.74) is 0.505. The number of carbonyl (C=O) groups is 1. The van der Waals surface area contributed by atoms with E-state index in [0.29, 0.717) is 29.7 Å². The second-order valence-electron chi connectivity index (χ2n) is 6.08. The smallest absolute Gasteiger partial charge is 0.323 e. The summed E-state index contributed by atoms with van der Waals surface area (Å²) in [7, 11) is -2.27. The summed E-state index contributed by atoms with van der Waals surface area (Å²) >= 11 is 12.1. The zero-order valence-corrected chi connectivity index (χ0v) is 17.8. The first-order chi connectivity index (χ1) is 13.8. The van der Waals surface area contributed by atoms with E-state index in [4.69, 9.17) is 32.7 Å². The van der Waals surface area contributed by atoms with Gasteiger partial charge in [0.25, 0.3) is 0 Å². The van der Waals surface area contributed by atoms with Gasteiger partial charge in [0.1, 0.15) is 5.75 Å². The first kappa shape index (κ1) is 21.7. The number of carbonyl (C=O) groups excluding carboxylic acids is 1. The highest BCUT2D eigenvalue weighted by molar-refractivity contribution is 7.89. The van der Waals surface area contributed by atoms with Crippen molar-refractivity contribution in [2.75, 3.05) is 44.0 Å². The van der Waals surface area contributed by atoms with Crippen molar-refractivity contribution in [2.24, 2.45) is 0 Å². The van der Waals surface area contributed by atoms with Crippen LogP contribution in [0.25, 0.3) is 0 Å². The highest BCUT2D eigenvalue weighted by atomic mass is 35.5. The SMILES string of the molecule is COc1ccc(Cl)cc1NC(=O)Nc1cc(S(=O)(=O)N2CCOCC2)ccc1Cl. The number of halogens is 2. The Bertz CT molecular complexity index is 1010. The fourth-order valence-electron chi connectivity index (χ4n) is 2.75. The molecule has 2 amide bonds. The molecule has 0 spiro atoms. The Labute approximate surface area is 178 Å². The first-order valence-corrected chi connectivity index (χ1v) is 10.8. The number of hydrogen-bond acceptors (Lipinski definition) is 5. The van der Waals surface area contributed by atoms with Gasteiger partial charge in [0.2, 0.25) is 10.0 Å². The third-order valence-corrected chi connectivity index (χ3v) is 6.66. The molecule has 2 aromatic rings. The lowest BCUT2D eigenvalue weighted by molar-refractivity contribution is 0.0730. The first-order valence-electron chi connectivity index (χ1n) is 8.60. The van der Waals surface area contributed by atoms with Gasteiger partial charge in [-0.3, -0.25) is 0 Å². The Morgan fingerprint density at radius 2 is 1.76 bits per heavy atom. The van der Waals surface area contributed by atoms with Gasteiger partial charge in [-0.15, -0.1) is 0 Å². The molecule has 1 saturated heterocycles. The van der Waals surface area contributed by atoms with E-state index >= 15 is 0 Å². The van der Waals surface area contributed by atoms with Gasteiger partial charge in [-0.2, -0.15) is 4.31 Å². The van der Waals surface area contributed by atoms with E-state index in [9.17, 15) is 13.2 Å². The van der Waals surface area contributed by atoms with Crippen LogP contribution in [0.1, 0.15) is 0 Å². The average Bonchev–Trinajstić information content (AvgIpc) is 2.70. The van der Waals surface area contributed by atoms with Crippen molar-refractivity contribution in [1.29, 1.82) is 0 Å². The number of methoxy groups -OCH3 is 1. The fourth-order valence-corrected chi connectivity index (χ4v) is 4.52. The number of rotatable bonds is 5. The van der Waals surface area contributed by atoms with Crippen LogP contribution in [0.3, 0.4) is 0 Å². The standard InChI is InChI=1S/C18H19Cl2N3O5S/c1-27-17-5-2-12(19)10-16(17)22-18(24)21-15-11-13(3-4-14(15)20)29(25,26)23-6-8-28-9-7-23/h2-5,10-11H,6-9H2,1H3,(H2,21,22,24). The molecule has 1 heterocycles. The van der Waals surface area contributed by atoms with Gasteiger partial charge >= 0.3 is 6.03 Å². The van der Waals surface area contributed by atoms with Gasteiger partial charge in [0.15, 0.2) is 0 Å². The van der Waals surface area contributed by atoms with Gasteiger partial charge in [-0.25, -0.2) is 13.2 Å². The Balaban J connectivity index is 1.80. The van der Waals surface area contributed by atoms with E-state index in [0.717, 1.165) is 0 Å². The predicted octanol–water partition coefficient (Wildman–Crippen LogP) is 3.67. The summed E-state index contributed by atoms with van der Waals surface area (Å²) in [6.45, 7) is 1.20. The van der Waals surface area contributed by atoms with Gasteiger partial charge < -0.3 is 20.1 Å². The van der Waals surface area contributed by atoms with Crippen molar-refractivity contribution in [2.45, 2.75) is 4.90 Å². The molecule has 0 radical (unpaired) electrons. The Morgan fingerprint density at radius 3 is 2.45 bits per heavy atom. The Kier molecular flexibility index (Phi) is 6.86. The largest absolute Gasteiger partial charge is 0.495 e. The number of nitrogens with zero attached hydrogens (tertiary/aromatic N) is 1. The summed E-state index contributed by atoms with van der Waals surface area (Å²) in [5, 5.41) is 5.77. The van der Waals surface area contributed by atoms with Crippen molar-refractivity contribution < 1.29 is 22.7 Å². The van der Waals surface area contributed by atoms with E-state index in [2.05, 4.69) is 10.6 Å². The van der Waals surface area contributed by atoms with Crippen LogP contribution in [0.5, 0.6) is 5.75 Å². The van der Waals surface area contributed by atoms with E-state index in [1.807, 2.05) is 0 Å². The normalized spacial score (nSPS) is 15.0. The molecule has 11 heteroatoms. The highest BCUT2D eigenvalue weighted by Crippen LogP contribution is 2.30. The molecule has 1 aliphatic heterocycles. The van der Waals surface area contributed by atoms with E-state index in [-0.39, 0.29) is 28.7 Å². The average molecular weight is 460 g/mol. The summed E-state index contributed by atoms with van der Waals surface area (Å²) in [4.78, 5) is 12.4. The number of anilines is 2. The number of ether oxygens (including phenoxy) is 2. The molecule has 29 heavy (non-hydrogen) atoms. The minimum Gasteiger partial charge on any atom is -0.495 e. The topological polar surface area (TPSA) is 97.0 Å². The summed E-state index contributed by atoms with van der Waals surface area (Å²) in [6.07, 6.45) is 0. The molecule has 1 fully saturated rings. The number of hydrogen-bond donors (Lipinski definition) is 2. The molecule has 0 unspecified atom stereocenters. The van der Waals surface area contributed by atoms with Crippen LogP contribution in [-0.2, 0) is 14.8 Å². The number of benzene rings is 2. The molecule has 0 saturated carbocycles. The van der Waals surface area contributed by atoms with Crippen LogP contribution in [-0.4, -0.2) is 52.2 Å². The van der Waals surface area contributed by atoms with Crippen molar-refractivity contribution in [1.82, 2.24) is 4.31 Å². The van der Waals surface area contributed by atoms with Crippen molar-refractivity contribution in [3.05, 3.63) is 46.4 Å². The zero-order valence-electron chi connectivity index (χ0n) is 15.4. The maximum absolute atomic E-state index is 12.8. The lowest BCUT2D eigenvalue weighted by Crippen LogP contribution is -2.40. The third kappa shape index (κ3) is 5.12. The monoisotopic (exact) mass is 459 g/mol. The van der Waals surface area contributed by atoms with Crippen LogP contribution in [0.15, 0.2) is 41.3 Å². The van der Waals surface area contributed by atoms with Crippen LogP contribution < -0.4 is 15.4 Å². The number of sulfonamides is 1. The number of nitrogens with one attached hydrogen (secondary N) is 2. The van der Waals surface area contributed by atoms with E-state index in [1.54, 1.807) is 12.1 Å². The van der Waals surface area contributed by atoms with Crippen LogP contribution in [0, 0.1) is 0 Å². The zero-order chi connectivity index (χ0) is 21.0. The molecule has 0 aliphatic carbocycles. The lowest BCUT2D eigenvalue weighted by Gasteiger charge is -2.26. The number of morpholine rings is 1. The molecule has 0 bridgehead atoms. The predicted molar refractivity (Wildman–Crippen MR) is 112 cm³/mol. The molecule has 1 aliphatic rings. The van der Waals surface area contributed by atoms with Crippen molar-refractivity contribution in [3.8, 4) is 5.75 Å². The van der Waals surface area contributed by atoms with Gasteiger partial charge in [-0.05, 0) is 36.4 Å². The minimum atomic E-state index is -3.73. The maximum Gasteiger partial charge on any atom is 0.323 e. The molecule has 0 atom stereocenters. The van der Waals surface area contributed by atoms with Crippen LogP contribution in [0.4, 0.5) is 16.2 Å². The maximum atomic E-state index is 12.8. The molecule has 3 rings (SSSR count). The molecule has 2 N–H and O–H groups in total. The highest BCUT2D eigenvalue weighted by Gasteiger charge is 2.27.